The Morgan fingerprint density at radius 3 is 2.21 bits per heavy atom. The quantitative estimate of drug-likeness (QED) is 0.496. The number of carbonyl (C=O) groups is 3. The van der Waals surface area contributed by atoms with Gasteiger partial charge < -0.3 is 25.2 Å². The number of carbonyl (C=O) groups excluding carboxylic acids is 2. The molecule has 8 nitrogen and oxygen atoms in total. The molecule has 3 atom stereocenters. The molecule has 0 bridgehead atoms. The monoisotopic (exact) mass is 466 g/mol. The van der Waals surface area contributed by atoms with E-state index in [0.29, 0.717) is 6.42 Å². The fourth-order valence-electron chi connectivity index (χ4n) is 4.75. The Kier molecular flexibility index (Phi) is 6.88. The molecule has 34 heavy (non-hydrogen) atoms. The van der Waals surface area contributed by atoms with E-state index in [-0.39, 0.29) is 38.0 Å². The van der Waals surface area contributed by atoms with Gasteiger partial charge in [-0.3, -0.25) is 9.59 Å². The predicted molar refractivity (Wildman–Crippen MR) is 125 cm³/mol. The molecule has 0 aliphatic heterocycles. The SMILES string of the molecule is CCC(COC)(NC(=O)OCC1c2ccccc2-c2ccccc21)C(=O)NC[C@@H]1C[C@@H]1C(=O)O. The number of nitrogens with one attached hydrogen (secondary N) is 2. The highest BCUT2D eigenvalue weighted by Crippen LogP contribution is 2.44. The first-order valence-electron chi connectivity index (χ1n) is 11.5. The van der Waals surface area contributed by atoms with E-state index in [0.717, 1.165) is 22.3 Å². The Bertz CT molecular complexity index is 1040. The number of hydrogen-bond acceptors (Lipinski definition) is 5. The molecule has 0 heterocycles. The third-order valence-corrected chi connectivity index (χ3v) is 6.88. The van der Waals surface area contributed by atoms with Crippen LogP contribution in [0.3, 0.4) is 0 Å². The minimum Gasteiger partial charge on any atom is -0.481 e. The summed E-state index contributed by atoms with van der Waals surface area (Å²) < 4.78 is 10.9. The molecule has 0 spiro atoms. The van der Waals surface area contributed by atoms with Crippen LogP contribution in [0, 0.1) is 11.8 Å². The van der Waals surface area contributed by atoms with Crippen LogP contribution in [-0.2, 0) is 19.1 Å². The van der Waals surface area contributed by atoms with Crippen LogP contribution in [0.2, 0.25) is 0 Å². The van der Waals surface area contributed by atoms with Gasteiger partial charge in [-0.25, -0.2) is 4.79 Å². The lowest BCUT2D eigenvalue weighted by molar-refractivity contribution is -0.139. The third-order valence-electron chi connectivity index (χ3n) is 6.88. The lowest BCUT2D eigenvalue weighted by Crippen LogP contribution is -2.61. The minimum absolute atomic E-state index is 0.0352. The van der Waals surface area contributed by atoms with Gasteiger partial charge in [0.15, 0.2) is 0 Å². The summed E-state index contributed by atoms with van der Waals surface area (Å²) in [6, 6.07) is 16.1. The van der Waals surface area contributed by atoms with E-state index in [9.17, 15) is 14.4 Å². The lowest BCUT2D eigenvalue weighted by atomic mass is 9.96. The lowest BCUT2D eigenvalue weighted by Gasteiger charge is -2.31. The van der Waals surface area contributed by atoms with Crippen molar-refractivity contribution < 1.29 is 29.0 Å². The molecule has 2 amide bonds. The second kappa shape index (κ2) is 9.85. The first kappa shape index (κ1) is 23.8. The number of carboxylic acid groups (broad SMARTS) is 1. The summed E-state index contributed by atoms with van der Waals surface area (Å²) >= 11 is 0. The van der Waals surface area contributed by atoms with Crippen molar-refractivity contribution in [3.05, 3.63) is 59.7 Å². The van der Waals surface area contributed by atoms with Crippen LogP contribution < -0.4 is 10.6 Å². The van der Waals surface area contributed by atoms with Gasteiger partial charge in [-0.1, -0.05) is 55.5 Å². The van der Waals surface area contributed by atoms with Crippen LogP contribution >= 0.6 is 0 Å². The zero-order chi connectivity index (χ0) is 24.3. The number of fused-ring (bicyclic) bond motifs is 3. The highest BCUT2D eigenvalue weighted by molar-refractivity contribution is 5.90. The maximum atomic E-state index is 13.0. The van der Waals surface area contributed by atoms with Crippen LogP contribution in [0.25, 0.3) is 11.1 Å². The topological polar surface area (TPSA) is 114 Å². The van der Waals surface area contributed by atoms with E-state index in [1.165, 1.54) is 7.11 Å². The van der Waals surface area contributed by atoms with E-state index in [1.807, 2.05) is 36.4 Å². The van der Waals surface area contributed by atoms with E-state index >= 15 is 0 Å². The van der Waals surface area contributed by atoms with Crippen molar-refractivity contribution in [1.29, 1.82) is 0 Å². The molecule has 2 aromatic carbocycles. The van der Waals surface area contributed by atoms with Crippen LogP contribution in [0.4, 0.5) is 4.79 Å². The molecule has 3 N–H and O–H groups in total. The van der Waals surface area contributed by atoms with Gasteiger partial charge in [0.05, 0.1) is 12.5 Å². The Hall–Kier alpha value is -3.39. The normalized spacial score (nSPS) is 19.9. The van der Waals surface area contributed by atoms with Crippen LogP contribution in [-0.4, -0.2) is 55.5 Å². The summed E-state index contributed by atoms with van der Waals surface area (Å²) in [6.07, 6.45) is 0.119. The van der Waals surface area contributed by atoms with Crippen molar-refractivity contribution in [2.45, 2.75) is 31.2 Å². The molecule has 2 aliphatic carbocycles. The van der Waals surface area contributed by atoms with Crippen LogP contribution in [0.5, 0.6) is 0 Å². The number of hydrogen-bond donors (Lipinski definition) is 3. The molecule has 0 radical (unpaired) electrons. The first-order chi connectivity index (χ1) is 16.4. The second-order valence-corrected chi connectivity index (χ2v) is 8.97. The van der Waals surface area contributed by atoms with E-state index in [1.54, 1.807) is 6.92 Å². The number of methoxy groups -OCH3 is 1. The number of aliphatic carboxylic acids is 1. The third kappa shape index (κ3) is 4.63. The zero-order valence-corrected chi connectivity index (χ0v) is 19.4. The summed E-state index contributed by atoms with van der Waals surface area (Å²) in [6.45, 7) is 2.12. The molecule has 1 saturated carbocycles. The fourth-order valence-corrected chi connectivity index (χ4v) is 4.75. The Labute approximate surface area is 198 Å². The van der Waals surface area contributed by atoms with E-state index < -0.39 is 29.4 Å². The van der Waals surface area contributed by atoms with Crippen LogP contribution in [0.15, 0.2) is 48.5 Å². The second-order valence-electron chi connectivity index (χ2n) is 8.97. The zero-order valence-electron chi connectivity index (χ0n) is 19.4. The maximum absolute atomic E-state index is 13.0. The van der Waals surface area contributed by atoms with Crippen molar-refractivity contribution in [1.82, 2.24) is 10.6 Å². The summed E-state index contributed by atoms with van der Waals surface area (Å²) in [5.41, 5.74) is 3.16. The molecular weight excluding hydrogens is 436 g/mol. The van der Waals surface area contributed by atoms with Crippen molar-refractivity contribution in [3.8, 4) is 11.1 Å². The maximum Gasteiger partial charge on any atom is 0.408 e. The van der Waals surface area contributed by atoms with Gasteiger partial charge in [-0.05, 0) is 41.0 Å². The largest absolute Gasteiger partial charge is 0.481 e. The highest BCUT2D eigenvalue weighted by atomic mass is 16.5. The molecule has 0 aromatic heterocycles. The molecule has 180 valence electrons. The van der Waals surface area contributed by atoms with Gasteiger partial charge in [-0.15, -0.1) is 0 Å². The molecule has 0 saturated heterocycles. The van der Waals surface area contributed by atoms with Gasteiger partial charge in [0, 0.05) is 19.6 Å². The standard InChI is InChI=1S/C26H30N2O6/c1-3-26(15-33-2,24(31)27-13-16-12-21(16)23(29)30)28-25(32)34-14-22-19-10-6-4-8-17(19)18-9-5-7-11-20(18)22/h4-11,16,21-22H,3,12-15H2,1-2H3,(H,27,31)(H,28,32)(H,29,30)/t16-,21-,26?/m0/s1. The summed E-state index contributed by atoms with van der Waals surface area (Å²) in [4.78, 5) is 36.9. The van der Waals surface area contributed by atoms with Crippen LogP contribution in [0.1, 0.15) is 36.8 Å². The Morgan fingerprint density at radius 2 is 1.68 bits per heavy atom. The number of rotatable bonds is 10. The number of alkyl carbamates (subject to hydrolysis) is 1. The van der Waals surface area contributed by atoms with Crippen molar-refractivity contribution >= 4 is 18.0 Å². The van der Waals surface area contributed by atoms with E-state index in [2.05, 4.69) is 22.8 Å². The van der Waals surface area contributed by atoms with E-state index in [4.69, 9.17) is 14.6 Å². The van der Waals surface area contributed by atoms with Gasteiger partial charge in [0.1, 0.15) is 12.1 Å². The average Bonchev–Trinajstić information content (AvgIpc) is 3.56. The minimum atomic E-state index is -1.31. The summed E-state index contributed by atoms with van der Waals surface area (Å²) in [5.74, 6) is -1.87. The highest BCUT2D eigenvalue weighted by Gasteiger charge is 2.45. The molecule has 2 aliphatic rings. The number of benzene rings is 2. The number of ether oxygens (including phenoxy) is 2. The molecule has 1 fully saturated rings. The smallest absolute Gasteiger partial charge is 0.408 e. The van der Waals surface area contributed by atoms with Gasteiger partial charge in [0.2, 0.25) is 5.91 Å². The molecule has 1 unspecified atom stereocenters. The van der Waals surface area contributed by atoms with Crippen molar-refractivity contribution in [2.24, 2.45) is 11.8 Å². The Morgan fingerprint density at radius 1 is 1.06 bits per heavy atom. The predicted octanol–water partition coefficient (Wildman–Crippen LogP) is 3.16. The van der Waals surface area contributed by atoms with Gasteiger partial charge in [-0.2, -0.15) is 0 Å². The van der Waals surface area contributed by atoms with Gasteiger partial charge in [0.25, 0.3) is 0 Å². The summed E-state index contributed by atoms with van der Waals surface area (Å²) in [7, 11) is 1.46. The van der Waals surface area contributed by atoms with Gasteiger partial charge >= 0.3 is 12.1 Å². The molecular formula is C26H30N2O6. The molecule has 8 heteroatoms. The van der Waals surface area contributed by atoms with Crippen molar-refractivity contribution in [2.75, 3.05) is 26.9 Å². The molecule has 2 aromatic rings. The fraction of sp³-hybridized carbons (Fsp3) is 0.423. The average molecular weight is 467 g/mol. The number of carboxylic acids is 1. The summed E-state index contributed by atoms with van der Waals surface area (Å²) in [5, 5.41) is 14.6. The first-order valence-corrected chi connectivity index (χ1v) is 11.5. The molecule has 4 rings (SSSR count). The number of amides is 2. The Balaban J connectivity index is 1.40. The van der Waals surface area contributed by atoms with Crippen molar-refractivity contribution in [3.63, 3.8) is 0 Å².